The van der Waals surface area contributed by atoms with E-state index in [0.29, 0.717) is 23.7 Å². The van der Waals surface area contributed by atoms with E-state index in [2.05, 4.69) is 10.1 Å². The molecule has 1 amide bonds. The second-order valence-corrected chi connectivity index (χ2v) is 3.48. The molecular weight excluding hydrogens is 225 g/mol. The van der Waals surface area contributed by atoms with Crippen molar-refractivity contribution in [2.24, 2.45) is 5.73 Å². The van der Waals surface area contributed by atoms with Crippen LogP contribution in [0.3, 0.4) is 0 Å². The Bertz CT molecular complexity index is 522. The van der Waals surface area contributed by atoms with Crippen molar-refractivity contribution >= 4 is 5.91 Å². The average Bonchev–Trinajstić information content (AvgIpc) is 2.76. The van der Waals surface area contributed by atoms with Gasteiger partial charge < -0.3 is 10.3 Å². The molecular formula is C11H10FN3O2. The lowest BCUT2D eigenvalue weighted by Gasteiger charge is -1.92. The maximum Gasteiger partial charge on any atom is 0.227 e. The Kier molecular flexibility index (Phi) is 3.13. The fourth-order valence-corrected chi connectivity index (χ4v) is 1.30. The zero-order valence-electron chi connectivity index (χ0n) is 8.89. The van der Waals surface area contributed by atoms with E-state index in [9.17, 15) is 9.18 Å². The molecule has 0 aliphatic carbocycles. The van der Waals surface area contributed by atoms with Crippen LogP contribution in [-0.2, 0) is 11.2 Å². The summed E-state index contributed by atoms with van der Waals surface area (Å²) in [5, 5.41) is 3.73. The Morgan fingerprint density at radius 1 is 1.35 bits per heavy atom. The van der Waals surface area contributed by atoms with Gasteiger partial charge in [0.25, 0.3) is 0 Å². The van der Waals surface area contributed by atoms with Crippen LogP contribution >= 0.6 is 0 Å². The van der Waals surface area contributed by atoms with Crippen molar-refractivity contribution in [3.8, 4) is 11.4 Å². The number of aryl methyl sites for hydroxylation is 1. The quantitative estimate of drug-likeness (QED) is 0.865. The van der Waals surface area contributed by atoms with Gasteiger partial charge in [0.1, 0.15) is 5.82 Å². The van der Waals surface area contributed by atoms with E-state index in [1.807, 2.05) is 0 Å². The summed E-state index contributed by atoms with van der Waals surface area (Å²) < 4.78 is 17.6. The van der Waals surface area contributed by atoms with Gasteiger partial charge in [-0.25, -0.2) is 4.39 Å². The third-order valence-electron chi connectivity index (χ3n) is 2.16. The van der Waals surface area contributed by atoms with Gasteiger partial charge in [-0.15, -0.1) is 0 Å². The SMILES string of the molecule is NC(=O)CCc1nc(-c2ccc(F)cc2)no1. The number of amides is 1. The van der Waals surface area contributed by atoms with Gasteiger partial charge in [-0.2, -0.15) is 4.98 Å². The fourth-order valence-electron chi connectivity index (χ4n) is 1.30. The molecule has 0 bridgehead atoms. The Balaban J connectivity index is 2.12. The van der Waals surface area contributed by atoms with Crippen LogP contribution in [0.1, 0.15) is 12.3 Å². The molecule has 1 aromatic heterocycles. The summed E-state index contributed by atoms with van der Waals surface area (Å²) in [5.41, 5.74) is 5.66. The lowest BCUT2D eigenvalue weighted by molar-refractivity contribution is -0.118. The third-order valence-corrected chi connectivity index (χ3v) is 2.16. The Morgan fingerprint density at radius 2 is 2.06 bits per heavy atom. The minimum atomic E-state index is -0.425. The molecule has 1 heterocycles. The Morgan fingerprint density at radius 3 is 2.71 bits per heavy atom. The molecule has 0 atom stereocenters. The number of primary amides is 1. The molecule has 0 aliphatic heterocycles. The molecule has 5 nitrogen and oxygen atoms in total. The largest absolute Gasteiger partial charge is 0.370 e. The van der Waals surface area contributed by atoms with Crippen molar-refractivity contribution in [1.82, 2.24) is 10.1 Å². The standard InChI is InChI=1S/C11H10FN3O2/c12-8-3-1-7(2-4-8)11-14-10(17-15-11)6-5-9(13)16/h1-4H,5-6H2,(H2,13,16). The summed E-state index contributed by atoms with van der Waals surface area (Å²) in [6.07, 6.45) is 0.467. The zero-order valence-corrected chi connectivity index (χ0v) is 8.89. The number of nitrogens with zero attached hydrogens (tertiary/aromatic N) is 2. The summed E-state index contributed by atoms with van der Waals surface area (Å²) in [5.74, 6) is -0.0506. The van der Waals surface area contributed by atoms with E-state index in [1.165, 1.54) is 12.1 Å². The number of rotatable bonds is 4. The summed E-state index contributed by atoms with van der Waals surface area (Å²) in [4.78, 5) is 14.7. The highest BCUT2D eigenvalue weighted by atomic mass is 19.1. The normalized spacial score (nSPS) is 10.4. The molecule has 17 heavy (non-hydrogen) atoms. The highest BCUT2D eigenvalue weighted by molar-refractivity contribution is 5.73. The molecule has 0 radical (unpaired) electrons. The van der Waals surface area contributed by atoms with Crippen LogP contribution in [0.2, 0.25) is 0 Å². The van der Waals surface area contributed by atoms with Gasteiger partial charge in [0.05, 0.1) is 0 Å². The monoisotopic (exact) mass is 235 g/mol. The molecule has 0 aliphatic rings. The van der Waals surface area contributed by atoms with Gasteiger partial charge in [0, 0.05) is 18.4 Å². The fraction of sp³-hybridized carbons (Fsp3) is 0.182. The third kappa shape index (κ3) is 2.87. The van der Waals surface area contributed by atoms with Crippen LogP contribution in [0, 0.1) is 5.82 Å². The summed E-state index contributed by atoms with van der Waals surface area (Å²) in [6, 6.07) is 5.74. The van der Waals surface area contributed by atoms with Crippen molar-refractivity contribution in [1.29, 1.82) is 0 Å². The molecule has 0 saturated heterocycles. The number of carbonyl (C=O) groups excluding carboxylic acids is 1. The molecule has 2 N–H and O–H groups in total. The van der Waals surface area contributed by atoms with E-state index in [-0.39, 0.29) is 12.2 Å². The van der Waals surface area contributed by atoms with Crippen LogP contribution in [0.15, 0.2) is 28.8 Å². The first-order valence-corrected chi connectivity index (χ1v) is 5.02. The predicted octanol–water partition coefficient (Wildman–Crippen LogP) is 1.29. The molecule has 1 aromatic carbocycles. The smallest absolute Gasteiger partial charge is 0.227 e. The van der Waals surface area contributed by atoms with Gasteiger partial charge in [-0.05, 0) is 24.3 Å². The topological polar surface area (TPSA) is 82.0 Å². The Hall–Kier alpha value is -2.24. The van der Waals surface area contributed by atoms with Crippen molar-refractivity contribution in [2.45, 2.75) is 12.8 Å². The van der Waals surface area contributed by atoms with Gasteiger partial charge in [-0.1, -0.05) is 5.16 Å². The van der Waals surface area contributed by atoms with Crippen LogP contribution in [0.4, 0.5) is 4.39 Å². The summed E-state index contributed by atoms with van der Waals surface area (Å²) in [7, 11) is 0. The number of carbonyl (C=O) groups is 1. The zero-order chi connectivity index (χ0) is 12.3. The van der Waals surface area contributed by atoms with E-state index in [4.69, 9.17) is 10.3 Å². The molecule has 88 valence electrons. The highest BCUT2D eigenvalue weighted by Crippen LogP contribution is 2.16. The second kappa shape index (κ2) is 4.73. The van der Waals surface area contributed by atoms with Gasteiger partial charge in [0.2, 0.25) is 17.6 Å². The first-order valence-electron chi connectivity index (χ1n) is 5.02. The van der Waals surface area contributed by atoms with Gasteiger partial charge in [0.15, 0.2) is 0 Å². The van der Waals surface area contributed by atoms with E-state index in [0.717, 1.165) is 0 Å². The number of aromatic nitrogens is 2. The van der Waals surface area contributed by atoms with Crippen molar-refractivity contribution in [3.63, 3.8) is 0 Å². The molecule has 6 heteroatoms. The van der Waals surface area contributed by atoms with E-state index in [1.54, 1.807) is 12.1 Å². The summed E-state index contributed by atoms with van der Waals surface area (Å²) in [6.45, 7) is 0. The number of halogens is 1. The lowest BCUT2D eigenvalue weighted by atomic mass is 10.2. The average molecular weight is 235 g/mol. The maximum absolute atomic E-state index is 12.7. The molecule has 0 fully saturated rings. The van der Waals surface area contributed by atoms with E-state index < -0.39 is 5.91 Å². The number of hydrogen-bond donors (Lipinski definition) is 1. The van der Waals surface area contributed by atoms with Crippen molar-refractivity contribution in [2.75, 3.05) is 0 Å². The van der Waals surface area contributed by atoms with Crippen molar-refractivity contribution < 1.29 is 13.7 Å². The molecule has 0 spiro atoms. The molecule has 0 unspecified atom stereocenters. The molecule has 2 rings (SSSR count). The Labute approximate surface area is 96.4 Å². The van der Waals surface area contributed by atoms with Gasteiger partial charge >= 0.3 is 0 Å². The predicted molar refractivity (Wildman–Crippen MR) is 57.2 cm³/mol. The van der Waals surface area contributed by atoms with Crippen LogP contribution in [-0.4, -0.2) is 16.0 Å². The van der Waals surface area contributed by atoms with Crippen LogP contribution < -0.4 is 5.73 Å². The maximum atomic E-state index is 12.7. The number of hydrogen-bond acceptors (Lipinski definition) is 4. The number of benzene rings is 1. The summed E-state index contributed by atoms with van der Waals surface area (Å²) >= 11 is 0. The minimum Gasteiger partial charge on any atom is -0.370 e. The molecule has 2 aromatic rings. The molecule has 0 saturated carbocycles. The first kappa shape index (κ1) is 11.3. The van der Waals surface area contributed by atoms with Gasteiger partial charge in [-0.3, -0.25) is 4.79 Å². The number of nitrogens with two attached hydrogens (primary N) is 1. The minimum absolute atomic E-state index is 0.158. The van der Waals surface area contributed by atoms with E-state index >= 15 is 0 Å². The first-order chi connectivity index (χ1) is 8.15. The highest BCUT2D eigenvalue weighted by Gasteiger charge is 2.09. The second-order valence-electron chi connectivity index (χ2n) is 3.48. The van der Waals surface area contributed by atoms with Crippen molar-refractivity contribution in [3.05, 3.63) is 36.0 Å². The van der Waals surface area contributed by atoms with Crippen LogP contribution in [0.5, 0.6) is 0 Å². The van der Waals surface area contributed by atoms with Crippen LogP contribution in [0.25, 0.3) is 11.4 Å². The lowest BCUT2D eigenvalue weighted by Crippen LogP contribution is -2.11.